The highest BCUT2D eigenvalue weighted by molar-refractivity contribution is 7.20. The number of amides is 1. The Kier molecular flexibility index (Phi) is 4.89. The number of likely N-dealkylation sites (tertiary alicyclic amines) is 1. The van der Waals surface area contributed by atoms with Crippen LogP contribution in [0.5, 0.6) is 0 Å². The second-order valence-corrected chi connectivity index (χ2v) is 7.85. The van der Waals surface area contributed by atoms with Crippen molar-refractivity contribution in [2.75, 3.05) is 6.54 Å². The first-order valence-electron chi connectivity index (χ1n) is 8.35. The van der Waals surface area contributed by atoms with Gasteiger partial charge in [-0.25, -0.2) is 4.98 Å². The van der Waals surface area contributed by atoms with Crippen LogP contribution in [0.3, 0.4) is 0 Å². The summed E-state index contributed by atoms with van der Waals surface area (Å²) in [5.74, 6) is 0.688. The van der Waals surface area contributed by atoms with Crippen molar-refractivity contribution in [1.29, 1.82) is 0 Å². The van der Waals surface area contributed by atoms with Gasteiger partial charge in [0.2, 0.25) is 12.3 Å². The highest BCUT2D eigenvalue weighted by atomic mass is 32.1. The predicted molar refractivity (Wildman–Crippen MR) is 96.4 cm³/mol. The first-order valence-corrected chi connectivity index (χ1v) is 10.1. The summed E-state index contributed by atoms with van der Waals surface area (Å²) in [5.41, 5.74) is 0.828. The van der Waals surface area contributed by atoms with Gasteiger partial charge in [-0.15, -0.1) is 22.7 Å². The van der Waals surface area contributed by atoms with Gasteiger partial charge in [0.15, 0.2) is 5.82 Å². The van der Waals surface area contributed by atoms with E-state index in [1.807, 2.05) is 21.7 Å². The molecule has 1 atom stereocenters. The molecule has 0 unspecified atom stereocenters. The third kappa shape index (κ3) is 3.64. The van der Waals surface area contributed by atoms with E-state index >= 15 is 0 Å². The lowest BCUT2D eigenvalue weighted by atomic mass is 10.1. The zero-order valence-corrected chi connectivity index (χ0v) is 15.3. The molecule has 0 spiro atoms. The lowest BCUT2D eigenvalue weighted by Gasteiger charge is -2.27. The Morgan fingerprint density at radius 2 is 2.28 bits per heavy atom. The third-order valence-corrected chi connectivity index (χ3v) is 6.30. The van der Waals surface area contributed by atoms with Crippen LogP contribution < -0.4 is 0 Å². The first kappa shape index (κ1) is 16.4. The summed E-state index contributed by atoms with van der Waals surface area (Å²) < 4.78 is 4.89. The van der Waals surface area contributed by atoms with Crippen molar-refractivity contribution in [3.8, 4) is 9.88 Å². The molecule has 1 aliphatic heterocycles. The summed E-state index contributed by atoms with van der Waals surface area (Å²) in [5, 5.41) is 8.96. The number of thiazole rings is 1. The molecule has 3 aromatic heterocycles. The number of aromatic nitrogens is 3. The molecule has 0 saturated carbocycles. The van der Waals surface area contributed by atoms with Crippen LogP contribution in [0.25, 0.3) is 9.88 Å². The van der Waals surface area contributed by atoms with Gasteiger partial charge in [0, 0.05) is 11.9 Å². The molecule has 6 nitrogen and oxygen atoms in total. The number of thiophene rings is 1. The predicted octanol–water partition coefficient (Wildman–Crippen LogP) is 3.94. The Labute approximate surface area is 153 Å². The first-order chi connectivity index (χ1) is 12.3. The molecule has 130 valence electrons. The van der Waals surface area contributed by atoms with E-state index in [1.54, 1.807) is 22.7 Å². The summed E-state index contributed by atoms with van der Waals surface area (Å²) in [6.45, 7) is 0.736. The van der Waals surface area contributed by atoms with Crippen LogP contribution in [0, 0.1) is 0 Å². The zero-order chi connectivity index (χ0) is 17.1. The Hall–Kier alpha value is -2.06. The molecule has 1 aliphatic rings. The van der Waals surface area contributed by atoms with E-state index in [0.29, 0.717) is 12.2 Å². The van der Waals surface area contributed by atoms with Crippen LogP contribution in [0.15, 0.2) is 33.8 Å². The summed E-state index contributed by atoms with van der Waals surface area (Å²) in [6.07, 6.45) is 5.73. The molecule has 25 heavy (non-hydrogen) atoms. The smallest absolute Gasteiger partial charge is 0.229 e. The standard InChI is InChI=1S/C17H18N4O2S2/c22-15(9-12-10-25-17(19-12)14-6-4-8-24-14)21-7-3-1-2-5-13(21)16-18-11-23-20-16/h4,6,8,10-11,13H,1-3,5,7,9H2/t13-/m1/s1. The fourth-order valence-electron chi connectivity index (χ4n) is 3.16. The van der Waals surface area contributed by atoms with Crippen molar-refractivity contribution >= 4 is 28.6 Å². The van der Waals surface area contributed by atoms with Gasteiger partial charge in [0.25, 0.3) is 0 Å². The van der Waals surface area contributed by atoms with Gasteiger partial charge in [-0.1, -0.05) is 24.1 Å². The molecular formula is C17H18N4O2S2. The molecule has 0 radical (unpaired) electrons. The molecule has 0 N–H and O–H groups in total. The average Bonchev–Trinajstić information content (AvgIpc) is 3.35. The lowest BCUT2D eigenvalue weighted by molar-refractivity contribution is -0.133. The highest BCUT2D eigenvalue weighted by Crippen LogP contribution is 2.30. The Morgan fingerprint density at radius 1 is 1.32 bits per heavy atom. The van der Waals surface area contributed by atoms with Gasteiger partial charge < -0.3 is 9.42 Å². The van der Waals surface area contributed by atoms with E-state index in [4.69, 9.17) is 4.52 Å². The molecule has 1 amide bonds. The van der Waals surface area contributed by atoms with Crippen LogP contribution >= 0.6 is 22.7 Å². The van der Waals surface area contributed by atoms with Crippen LogP contribution in [0.4, 0.5) is 0 Å². The molecule has 1 saturated heterocycles. The lowest BCUT2D eigenvalue weighted by Crippen LogP contribution is -2.36. The van der Waals surface area contributed by atoms with Gasteiger partial charge in [0.05, 0.1) is 23.0 Å². The minimum Gasteiger partial charge on any atom is -0.343 e. The number of carbonyl (C=O) groups excluding carboxylic acids is 1. The van der Waals surface area contributed by atoms with Crippen LogP contribution in [-0.2, 0) is 11.2 Å². The van der Waals surface area contributed by atoms with Crippen LogP contribution in [0.1, 0.15) is 43.2 Å². The van der Waals surface area contributed by atoms with E-state index in [2.05, 4.69) is 21.2 Å². The van der Waals surface area contributed by atoms with Gasteiger partial charge in [-0.3, -0.25) is 4.79 Å². The van der Waals surface area contributed by atoms with E-state index in [0.717, 1.165) is 47.8 Å². The molecule has 8 heteroatoms. The quantitative estimate of drug-likeness (QED) is 0.692. The van der Waals surface area contributed by atoms with E-state index in [1.165, 1.54) is 6.39 Å². The van der Waals surface area contributed by atoms with Crippen LogP contribution in [-0.4, -0.2) is 32.5 Å². The largest absolute Gasteiger partial charge is 0.343 e. The molecule has 0 aromatic carbocycles. The average molecular weight is 374 g/mol. The molecular weight excluding hydrogens is 356 g/mol. The Bertz CT molecular complexity index is 814. The van der Waals surface area contributed by atoms with E-state index in [-0.39, 0.29) is 11.9 Å². The number of hydrogen-bond donors (Lipinski definition) is 0. The second kappa shape index (κ2) is 7.45. The number of nitrogens with zero attached hydrogens (tertiary/aromatic N) is 4. The molecule has 0 bridgehead atoms. The fraction of sp³-hybridized carbons (Fsp3) is 0.412. The van der Waals surface area contributed by atoms with Crippen molar-refractivity contribution in [1.82, 2.24) is 20.0 Å². The van der Waals surface area contributed by atoms with E-state index in [9.17, 15) is 4.79 Å². The number of carbonyl (C=O) groups is 1. The molecule has 4 rings (SSSR count). The van der Waals surface area contributed by atoms with Crippen LogP contribution in [0.2, 0.25) is 0 Å². The fourth-order valence-corrected chi connectivity index (χ4v) is 4.79. The summed E-state index contributed by atoms with van der Waals surface area (Å²) in [6, 6.07) is 3.97. The third-order valence-electron chi connectivity index (χ3n) is 4.37. The summed E-state index contributed by atoms with van der Waals surface area (Å²) >= 11 is 3.25. The second-order valence-electron chi connectivity index (χ2n) is 6.04. The van der Waals surface area contributed by atoms with Gasteiger partial charge in [0.1, 0.15) is 5.01 Å². The maximum atomic E-state index is 12.9. The summed E-state index contributed by atoms with van der Waals surface area (Å²) in [7, 11) is 0. The minimum absolute atomic E-state index is 0.0831. The van der Waals surface area contributed by atoms with Crippen molar-refractivity contribution < 1.29 is 9.32 Å². The van der Waals surface area contributed by atoms with Gasteiger partial charge >= 0.3 is 0 Å². The zero-order valence-electron chi connectivity index (χ0n) is 13.6. The normalized spacial score (nSPS) is 18.2. The number of hydrogen-bond acceptors (Lipinski definition) is 7. The Balaban J connectivity index is 1.50. The minimum atomic E-state index is -0.0934. The Morgan fingerprint density at radius 3 is 3.08 bits per heavy atom. The maximum Gasteiger partial charge on any atom is 0.229 e. The summed E-state index contributed by atoms with van der Waals surface area (Å²) in [4.78, 5) is 24.8. The van der Waals surface area contributed by atoms with Gasteiger partial charge in [-0.05, 0) is 24.3 Å². The van der Waals surface area contributed by atoms with Crippen molar-refractivity contribution in [3.63, 3.8) is 0 Å². The van der Waals surface area contributed by atoms with E-state index < -0.39 is 0 Å². The monoisotopic (exact) mass is 374 g/mol. The molecule has 0 aliphatic carbocycles. The van der Waals surface area contributed by atoms with Gasteiger partial charge in [-0.2, -0.15) is 4.98 Å². The maximum absolute atomic E-state index is 12.9. The molecule has 3 aromatic rings. The SMILES string of the molecule is O=C(Cc1csc(-c2cccs2)n1)N1CCCCC[C@@H]1c1ncon1. The number of rotatable bonds is 4. The van der Waals surface area contributed by atoms with Crippen molar-refractivity contribution in [2.45, 2.75) is 38.1 Å². The molecule has 4 heterocycles. The topological polar surface area (TPSA) is 72.1 Å². The molecule has 1 fully saturated rings. The van der Waals surface area contributed by atoms with Crippen molar-refractivity contribution in [3.05, 3.63) is 40.8 Å². The highest BCUT2D eigenvalue weighted by Gasteiger charge is 2.30. The van der Waals surface area contributed by atoms with Crippen molar-refractivity contribution in [2.24, 2.45) is 0 Å².